The first kappa shape index (κ1) is 11.2. The molecule has 0 bridgehead atoms. The fourth-order valence-corrected chi connectivity index (χ4v) is 1.70. The minimum Gasteiger partial charge on any atom is -0.467 e. The van der Waals surface area contributed by atoms with Crippen LogP contribution in [-0.4, -0.2) is 11.5 Å². The van der Waals surface area contributed by atoms with Crippen LogP contribution in [-0.2, 0) is 6.54 Å². The zero-order chi connectivity index (χ0) is 12.1. The van der Waals surface area contributed by atoms with Crippen molar-refractivity contribution in [1.29, 1.82) is 5.26 Å². The van der Waals surface area contributed by atoms with E-state index in [9.17, 15) is 0 Å². The molecule has 4 nitrogen and oxygen atoms in total. The lowest BCUT2D eigenvalue weighted by atomic mass is 10.2. The average Bonchev–Trinajstić information content (AvgIpc) is 2.89. The number of anilines is 1. The number of nitriles is 1. The third-order valence-electron chi connectivity index (χ3n) is 2.54. The number of nitrogens with zero attached hydrogens (tertiary/aromatic N) is 3. The van der Waals surface area contributed by atoms with E-state index in [1.54, 1.807) is 12.5 Å². The minimum atomic E-state index is 0.445. The topological polar surface area (TPSA) is 53.1 Å². The summed E-state index contributed by atoms with van der Waals surface area (Å²) >= 11 is 0. The highest BCUT2D eigenvalue weighted by Gasteiger charge is 2.11. The number of aromatic nitrogens is 1. The molecule has 2 aromatic rings. The van der Waals surface area contributed by atoms with E-state index in [1.165, 1.54) is 0 Å². The molecule has 2 aromatic heterocycles. The quantitative estimate of drug-likeness (QED) is 0.805. The monoisotopic (exact) mass is 227 g/mol. The van der Waals surface area contributed by atoms with Crippen molar-refractivity contribution in [3.8, 4) is 6.07 Å². The lowest BCUT2D eigenvalue weighted by Crippen LogP contribution is -2.22. The lowest BCUT2D eigenvalue weighted by Gasteiger charge is -2.22. The van der Waals surface area contributed by atoms with Crippen LogP contribution in [0.2, 0.25) is 0 Å². The second-order valence-corrected chi connectivity index (χ2v) is 3.58. The molecule has 0 saturated heterocycles. The molecule has 0 aliphatic carbocycles. The molecule has 0 unspecified atom stereocenters. The number of hydrogen-bond acceptors (Lipinski definition) is 4. The molecule has 4 heteroatoms. The van der Waals surface area contributed by atoms with Gasteiger partial charge in [0.1, 0.15) is 11.8 Å². The highest BCUT2D eigenvalue weighted by molar-refractivity contribution is 5.55. The number of hydrogen-bond donors (Lipinski definition) is 0. The summed E-state index contributed by atoms with van der Waals surface area (Å²) < 4.78 is 5.32. The second kappa shape index (κ2) is 5.17. The molecule has 86 valence electrons. The molecular formula is C13H13N3O. The molecule has 0 amide bonds. The molecule has 17 heavy (non-hydrogen) atoms. The summed E-state index contributed by atoms with van der Waals surface area (Å²) in [6.07, 6.45) is 3.28. The molecule has 0 radical (unpaired) electrons. The Bertz CT molecular complexity index is 514. The largest absolute Gasteiger partial charge is 0.467 e. The minimum absolute atomic E-state index is 0.445. The third-order valence-corrected chi connectivity index (χ3v) is 2.54. The van der Waals surface area contributed by atoms with Gasteiger partial charge in [-0.15, -0.1) is 0 Å². The van der Waals surface area contributed by atoms with Gasteiger partial charge in [-0.1, -0.05) is 0 Å². The number of rotatable bonds is 4. The van der Waals surface area contributed by atoms with Crippen molar-refractivity contribution in [2.75, 3.05) is 11.4 Å². The molecule has 0 aliphatic rings. The molecule has 0 atom stereocenters. The first-order valence-electron chi connectivity index (χ1n) is 5.47. The number of pyridine rings is 1. The Labute approximate surface area is 100 Å². The molecule has 0 aromatic carbocycles. The van der Waals surface area contributed by atoms with Crippen molar-refractivity contribution in [1.82, 2.24) is 4.98 Å². The molecular weight excluding hydrogens is 214 g/mol. The molecule has 0 fully saturated rings. The van der Waals surface area contributed by atoms with Crippen LogP contribution in [0.4, 0.5) is 5.69 Å². The Hall–Kier alpha value is -2.28. The Kier molecular flexibility index (Phi) is 3.41. The van der Waals surface area contributed by atoms with Crippen molar-refractivity contribution < 1.29 is 4.42 Å². The summed E-state index contributed by atoms with van der Waals surface area (Å²) in [5.74, 6) is 0.875. The van der Waals surface area contributed by atoms with Crippen molar-refractivity contribution in [3.63, 3.8) is 0 Å². The van der Waals surface area contributed by atoms with Crippen LogP contribution in [0.3, 0.4) is 0 Å². The van der Waals surface area contributed by atoms with E-state index in [-0.39, 0.29) is 0 Å². The first-order chi connectivity index (χ1) is 8.35. The van der Waals surface area contributed by atoms with Gasteiger partial charge in [-0.25, -0.2) is 4.98 Å². The zero-order valence-electron chi connectivity index (χ0n) is 9.63. The van der Waals surface area contributed by atoms with Crippen LogP contribution in [0.5, 0.6) is 0 Å². The predicted molar refractivity (Wildman–Crippen MR) is 64.4 cm³/mol. The van der Waals surface area contributed by atoms with Crippen molar-refractivity contribution >= 4 is 5.69 Å². The number of furan rings is 1. The molecule has 0 saturated carbocycles. The highest BCUT2D eigenvalue weighted by Crippen LogP contribution is 2.19. The maximum Gasteiger partial charge on any atom is 0.163 e. The summed E-state index contributed by atoms with van der Waals surface area (Å²) in [6.45, 7) is 3.47. The van der Waals surface area contributed by atoms with E-state index in [2.05, 4.69) is 16.0 Å². The first-order valence-corrected chi connectivity index (χ1v) is 5.47. The van der Waals surface area contributed by atoms with Gasteiger partial charge in [0.25, 0.3) is 0 Å². The van der Waals surface area contributed by atoms with Crippen LogP contribution < -0.4 is 4.90 Å². The Morgan fingerprint density at radius 2 is 2.29 bits per heavy atom. The SMILES string of the molecule is CCN(Cc1ccco1)c1cccnc1C#N. The van der Waals surface area contributed by atoms with Crippen molar-refractivity contribution in [2.45, 2.75) is 13.5 Å². The van der Waals surface area contributed by atoms with Gasteiger partial charge in [-0.05, 0) is 31.2 Å². The van der Waals surface area contributed by atoms with Gasteiger partial charge in [-0.3, -0.25) is 0 Å². The van der Waals surface area contributed by atoms with Gasteiger partial charge >= 0.3 is 0 Å². The average molecular weight is 227 g/mol. The van der Waals surface area contributed by atoms with Crippen LogP contribution in [0.25, 0.3) is 0 Å². The standard InChI is InChI=1S/C13H13N3O/c1-2-16(10-11-5-4-8-17-11)13-6-3-7-15-12(13)9-14/h3-8H,2,10H2,1H3. The summed E-state index contributed by atoms with van der Waals surface area (Å²) in [6, 6.07) is 9.62. The Morgan fingerprint density at radius 1 is 1.41 bits per heavy atom. The maximum atomic E-state index is 9.03. The molecule has 0 spiro atoms. The van der Waals surface area contributed by atoms with E-state index in [4.69, 9.17) is 9.68 Å². The van der Waals surface area contributed by atoms with Gasteiger partial charge in [0.15, 0.2) is 5.69 Å². The summed E-state index contributed by atoms with van der Waals surface area (Å²) in [4.78, 5) is 6.12. The lowest BCUT2D eigenvalue weighted by molar-refractivity contribution is 0.503. The van der Waals surface area contributed by atoms with Gasteiger partial charge in [-0.2, -0.15) is 5.26 Å². The van der Waals surface area contributed by atoms with E-state index in [0.717, 1.165) is 18.0 Å². The summed E-state index contributed by atoms with van der Waals surface area (Å²) in [5.41, 5.74) is 1.29. The van der Waals surface area contributed by atoms with Gasteiger partial charge in [0, 0.05) is 12.7 Å². The second-order valence-electron chi connectivity index (χ2n) is 3.58. The fourth-order valence-electron chi connectivity index (χ4n) is 1.70. The molecule has 0 aliphatic heterocycles. The fraction of sp³-hybridized carbons (Fsp3) is 0.231. The molecule has 0 N–H and O–H groups in total. The summed E-state index contributed by atoms with van der Waals surface area (Å²) in [7, 11) is 0. The van der Waals surface area contributed by atoms with Crippen molar-refractivity contribution in [2.24, 2.45) is 0 Å². The smallest absolute Gasteiger partial charge is 0.163 e. The molecule has 2 heterocycles. The maximum absolute atomic E-state index is 9.03. The van der Waals surface area contributed by atoms with Crippen LogP contribution >= 0.6 is 0 Å². The van der Waals surface area contributed by atoms with E-state index in [0.29, 0.717) is 12.2 Å². The van der Waals surface area contributed by atoms with Gasteiger partial charge < -0.3 is 9.32 Å². The highest BCUT2D eigenvalue weighted by atomic mass is 16.3. The van der Waals surface area contributed by atoms with E-state index in [1.807, 2.05) is 31.2 Å². The van der Waals surface area contributed by atoms with Gasteiger partial charge in [0.2, 0.25) is 0 Å². The Balaban J connectivity index is 2.26. The van der Waals surface area contributed by atoms with E-state index >= 15 is 0 Å². The van der Waals surface area contributed by atoms with Gasteiger partial charge in [0.05, 0.1) is 18.5 Å². The summed E-state index contributed by atoms with van der Waals surface area (Å²) in [5, 5.41) is 9.03. The normalized spacial score (nSPS) is 9.88. The molecule has 2 rings (SSSR count). The van der Waals surface area contributed by atoms with Crippen LogP contribution in [0.15, 0.2) is 41.1 Å². The van der Waals surface area contributed by atoms with E-state index < -0.39 is 0 Å². The van der Waals surface area contributed by atoms with Crippen LogP contribution in [0, 0.1) is 11.3 Å². The predicted octanol–water partition coefficient (Wildman–Crippen LogP) is 2.57. The zero-order valence-corrected chi connectivity index (χ0v) is 9.63. The Morgan fingerprint density at radius 3 is 2.94 bits per heavy atom. The van der Waals surface area contributed by atoms with Crippen molar-refractivity contribution in [3.05, 3.63) is 48.2 Å². The third kappa shape index (κ3) is 2.45. The van der Waals surface area contributed by atoms with Crippen LogP contribution in [0.1, 0.15) is 18.4 Å².